The van der Waals surface area contributed by atoms with Gasteiger partial charge in [-0.15, -0.1) is 0 Å². The molecule has 0 aromatic heterocycles. The number of unbranched alkanes of at least 4 members (excludes halogenated alkanes) is 1. The first-order chi connectivity index (χ1) is 6.47. The lowest BCUT2D eigenvalue weighted by Crippen LogP contribution is -2.31. The molecule has 14 heavy (non-hydrogen) atoms. The first-order valence-electron chi connectivity index (χ1n) is 5.15. The number of sulfonamides is 1. The average Bonchev–Trinajstić information content (AvgIpc) is 2.82. The highest BCUT2D eigenvalue weighted by Crippen LogP contribution is 2.44. The highest BCUT2D eigenvalue weighted by Gasteiger charge is 2.37. The SMILES string of the molecule is CC1(CNS(=O)(=O)CCCCN)CC1. The number of hydrogen-bond acceptors (Lipinski definition) is 3. The molecule has 0 aliphatic heterocycles. The molecule has 0 aromatic rings. The molecule has 0 aromatic carbocycles. The van der Waals surface area contributed by atoms with Gasteiger partial charge in [0.15, 0.2) is 0 Å². The molecule has 5 heteroatoms. The maximum absolute atomic E-state index is 11.4. The van der Waals surface area contributed by atoms with Crippen molar-refractivity contribution in [3.05, 3.63) is 0 Å². The molecule has 1 fully saturated rings. The lowest BCUT2D eigenvalue weighted by Gasteiger charge is -2.10. The van der Waals surface area contributed by atoms with Crippen molar-refractivity contribution in [1.82, 2.24) is 4.72 Å². The molecule has 3 N–H and O–H groups in total. The summed E-state index contributed by atoms with van der Waals surface area (Å²) in [5.74, 6) is 0.209. The van der Waals surface area contributed by atoms with Crippen LogP contribution in [0, 0.1) is 5.41 Å². The summed E-state index contributed by atoms with van der Waals surface area (Å²) in [6.07, 6.45) is 3.71. The molecule has 0 saturated heterocycles. The Kier molecular flexibility index (Phi) is 3.92. The Morgan fingerprint density at radius 1 is 1.36 bits per heavy atom. The third-order valence-electron chi connectivity index (χ3n) is 2.69. The summed E-state index contributed by atoms with van der Waals surface area (Å²) in [6.45, 7) is 3.26. The first-order valence-corrected chi connectivity index (χ1v) is 6.80. The van der Waals surface area contributed by atoms with E-state index in [-0.39, 0.29) is 11.2 Å². The van der Waals surface area contributed by atoms with E-state index in [4.69, 9.17) is 5.73 Å². The fourth-order valence-corrected chi connectivity index (χ4v) is 2.48. The fourth-order valence-electron chi connectivity index (χ4n) is 1.18. The van der Waals surface area contributed by atoms with E-state index in [0.29, 0.717) is 19.5 Å². The van der Waals surface area contributed by atoms with Crippen LogP contribution in [0.25, 0.3) is 0 Å². The quantitative estimate of drug-likeness (QED) is 0.612. The van der Waals surface area contributed by atoms with Crippen molar-refractivity contribution in [2.24, 2.45) is 11.1 Å². The van der Waals surface area contributed by atoms with Crippen LogP contribution in [-0.4, -0.2) is 27.3 Å². The molecule has 1 aliphatic rings. The van der Waals surface area contributed by atoms with Crippen molar-refractivity contribution in [3.8, 4) is 0 Å². The Morgan fingerprint density at radius 2 is 2.00 bits per heavy atom. The lowest BCUT2D eigenvalue weighted by molar-refractivity contribution is 0.528. The molecular formula is C9H20N2O2S. The minimum Gasteiger partial charge on any atom is -0.330 e. The Bertz CT molecular complexity index is 271. The number of nitrogens with one attached hydrogen (secondary N) is 1. The molecular weight excluding hydrogens is 200 g/mol. The molecule has 1 saturated carbocycles. The zero-order valence-electron chi connectivity index (χ0n) is 8.75. The lowest BCUT2D eigenvalue weighted by atomic mass is 10.2. The first kappa shape index (κ1) is 11.9. The van der Waals surface area contributed by atoms with Gasteiger partial charge in [-0.2, -0.15) is 0 Å². The van der Waals surface area contributed by atoms with Crippen molar-refractivity contribution in [3.63, 3.8) is 0 Å². The molecule has 0 heterocycles. The van der Waals surface area contributed by atoms with Gasteiger partial charge >= 0.3 is 0 Å². The number of hydrogen-bond donors (Lipinski definition) is 2. The number of rotatable bonds is 7. The zero-order chi connectivity index (χ0) is 10.7. The second-order valence-electron chi connectivity index (χ2n) is 4.45. The Labute approximate surface area is 86.3 Å². The van der Waals surface area contributed by atoms with Crippen LogP contribution in [-0.2, 0) is 10.0 Å². The third kappa shape index (κ3) is 4.39. The Hall–Kier alpha value is -0.130. The largest absolute Gasteiger partial charge is 0.330 e. The van der Waals surface area contributed by atoms with Gasteiger partial charge in [0.05, 0.1) is 5.75 Å². The molecule has 1 aliphatic carbocycles. The molecule has 4 nitrogen and oxygen atoms in total. The minimum absolute atomic E-state index is 0.209. The van der Waals surface area contributed by atoms with Crippen molar-refractivity contribution < 1.29 is 8.42 Å². The predicted molar refractivity (Wildman–Crippen MR) is 57.4 cm³/mol. The molecule has 84 valence electrons. The molecule has 0 spiro atoms. The van der Waals surface area contributed by atoms with Gasteiger partial charge in [0.2, 0.25) is 10.0 Å². The topological polar surface area (TPSA) is 72.2 Å². The summed E-state index contributed by atoms with van der Waals surface area (Å²) in [7, 11) is -3.05. The van der Waals surface area contributed by atoms with E-state index in [2.05, 4.69) is 11.6 Å². The van der Waals surface area contributed by atoms with Crippen LogP contribution in [0.15, 0.2) is 0 Å². The van der Waals surface area contributed by atoms with Crippen LogP contribution in [0.1, 0.15) is 32.6 Å². The minimum atomic E-state index is -3.05. The maximum atomic E-state index is 11.4. The fraction of sp³-hybridized carbons (Fsp3) is 1.00. The van der Waals surface area contributed by atoms with Crippen molar-refractivity contribution in [2.45, 2.75) is 32.6 Å². The molecule has 1 rings (SSSR count). The van der Waals surface area contributed by atoms with Crippen LogP contribution in [0.4, 0.5) is 0 Å². The second-order valence-corrected chi connectivity index (χ2v) is 6.37. The summed E-state index contributed by atoms with van der Waals surface area (Å²) in [4.78, 5) is 0. The van der Waals surface area contributed by atoms with Crippen LogP contribution in [0.2, 0.25) is 0 Å². The van der Waals surface area contributed by atoms with Gasteiger partial charge in [0.25, 0.3) is 0 Å². The van der Waals surface area contributed by atoms with E-state index in [1.54, 1.807) is 0 Å². The molecule has 0 atom stereocenters. The van der Waals surface area contributed by atoms with Gasteiger partial charge in [-0.3, -0.25) is 0 Å². The Morgan fingerprint density at radius 3 is 2.50 bits per heavy atom. The highest BCUT2D eigenvalue weighted by atomic mass is 32.2. The van der Waals surface area contributed by atoms with Gasteiger partial charge in [-0.05, 0) is 37.6 Å². The van der Waals surface area contributed by atoms with E-state index >= 15 is 0 Å². The third-order valence-corrected chi connectivity index (χ3v) is 4.10. The highest BCUT2D eigenvalue weighted by molar-refractivity contribution is 7.89. The van der Waals surface area contributed by atoms with Gasteiger partial charge in [0.1, 0.15) is 0 Å². The summed E-state index contributed by atoms with van der Waals surface area (Å²) >= 11 is 0. The summed E-state index contributed by atoms with van der Waals surface area (Å²) in [5, 5.41) is 0. The van der Waals surface area contributed by atoms with Gasteiger partial charge in [0, 0.05) is 6.54 Å². The predicted octanol–water partition coefficient (Wildman–Crippen LogP) is 0.445. The monoisotopic (exact) mass is 220 g/mol. The van der Waals surface area contributed by atoms with E-state index in [1.165, 1.54) is 0 Å². The van der Waals surface area contributed by atoms with Gasteiger partial charge < -0.3 is 5.73 Å². The van der Waals surface area contributed by atoms with E-state index in [1.807, 2.05) is 0 Å². The average molecular weight is 220 g/mol. The second kappa shape index (κ2) is 4.59. The summed E-state index contributed by atoms with van der Waals surface area (Å²) in [6, 6.07) is 0. The van der Waals surface area contributed by atoms with Crippen LogP contribution in [0.3, 0.4) is 0 Å². The summed E-state index contributed by atoms with van der Waals surface area (Å²) in [5.41, 5.74) is 5.53. The van der Waals surface area contributed by atoms with E-state index in [9.17, 15) is 8.42 Å². The summed E-state index contributed by atoms with van der Waals surface area (Å²) < 4.78 is 25.5. The van der Waals surface area contributed by atoms with Gasteiger partial charge in [-0.25, -0.2) is 13.1 Å². The Balaban J connectivity index is 2.20. The number of nitrogens with two attached hydrogens (primary N) is 1. The van der Waals surface area contributed by atoms with E-state index < -0.39 is 10.0 Å². The van der Waals surface area contributed by atoms with Crippen LogP contribution < -0.4 is 10.5 Å². The van der Waals surface area contributed by atoms with Crippen molar-refractivity contribution >= 4 is 10.0 Å². The zero-order valence-corrected chi connectivity index (χ0v) is 9.57. The van der Waals surface area contributed by atoms with Crippen LogP contribution >= 0.6 is 0 Å². The molecule has 0 radical (unpaired) electrons. The van der Waals surface area contributed by atoms with Crippen LogP contribution in [0.5, 0.6) is 0 Å². The van der Waals surface area contributed by atoms with Gasteiger partial charge in [-0.1, -0.05) is 6.92 Å². The molecule has 0 unspecified atom stereocenters. The standard InChI is InChI=1S/C9H20N2O2S/c1-9(4-5-9)8-11-14(12,13)7-3-2-6-10/h11H,2-8,10H2,1H3. The molecule has 0 amide bonds. The van der Waals surface area contributed by atoms with Crippen molar-refractivity contribution in [2.75, 3.05) is 18.8 Å². The molecule has 0 bridgehead atoms. The maximum Gasteiger partial charge on any atom is 0.211 e. The normalized spacial score (nSPS) is 19.6. The van der Waals surface area contributed by atoms with Crippen molar-refractivity contribution in [1.29, 1.82) is 0 Å². The smallest absolute Gasteiger partial charge is 0.211 e. The van der Waals surface area contributed by atoms with E-state index in [0.717, 1.165) is 19.3 Å².